The molecule has 0 aliphatic carbocycles. The Morgan fingerprint density at radius 1 is 1.37 bits per heavy atom. The summed E-state index contributed by atoms with van der Waals surface area (Å²) in [5.41, 5.74) is 1.47. The third-order valence-corrected chi connectivity index (χ3v) is 5.08. The number of nitrogens with one attached hydrogen (secondary N) is 1. The number of halogens is 4. The van der Waals surface area contributed by atoms with Gasteiger partial charge in [0.15, 0.2) is 0 Å². The molecule has 0 radical (unpaired) electrons. The summed E-state index contributed by atoms with van der Waals surface area (Å²) in [7, 11) is -3.86. The minimum absolute atomic E-state index is 0.0706. The molecule has 0 aliphatic rings. The Morgan fingerprint density at radius 3 is 2.53 bits per heavy atom. The van der Waals surface area contributed by atoms with Crippen LogP contribution < -0.4 is 10.5 Å². The average Bonchev–Trinajstić information content (AvgIpc) is 2.22. The van der Waals surface area contributed by atoms with Crippen molar-refractivity contribution in [2.45, 2.75) is 10.4 Å². The van der Waals surface area contributed by atoms with Gasteiger partial charge in [-0.1, -0.05) is 0 Å². The minimum Gasteiger partial charge on any atom is -0.399 e. The molecule has 1 rings (SSSR count). The molecule has 0 amide bonds. The maximum Gasteiger partial charge on any atom is 0.441 e. The highest BCUT2D eigenvalue weighted by Gasteiger charge is 2.28. The van der Waals surface area contributed by atoms with Crippen LogP contribution in [0.3, 0.4) is 0 Å². The van der Waals surface area contributed by atoms with E-state index in [0.717, 1.165) is 0 Å². The molecule has 0 saturated carbocycles. The Hall–Kier alpha value is -0.450. The lowest BCUT2D eigenvalue weighted by Gasteiger charge is -2.09. The lowest BCUT2D eigenvalue weighted by atomic mass is 10.3. The van der Waals surface area contributed by atoms with Crippen LogP contribution in [0.5, 0.6) is 0 Å². The smallest absolute Gasteiger partial charge is 0.399 e. The fraction of sp³-hybridized carbons (Fsp3) is 0.333. The molecule has 0 bridgehead atoms. The highest BCUT2D eigenvalue weighted by molar-refractivity contribution is 9.10. The lowest BCUT2D eigenvalue weighted by Crippen LogP contribution is -2.27. The highest BCUT2D eigenvalue weighted by Crippen LogP contribution is 2.29. The summed E-state index contributed by atoms with van der Waals surface area (Å²) >= 11 is 2.76. The predicted octanol–water partition coefficient (Wildman–Crippen LogP) is 2.56. The van der Waals surface area contributed by atoms with Crippen LogP contribution in [-0.4, -0.2) is 26.2 Å². The standard InChI is InChI=1S/C9H10BrF3N2O2S2/c10-7-5-6(14)1-2-8(7)19(16,17)15-3-4-18-9(11,12)13/h1-2,5,15H,3-4,14H2. The molecule has 3 N–H and O–H groups in total. The lowest BCUT2D eigenvalue weighted by molar-refractivity contribution is -0.0327. The van der Waals surface area contributed by atoms with Crippen LogP contribution in [0.15, 0.2) is 27.6 Å². The summed E-state index contributed by atoms with van der Waals surface area (Å²) in [6.07, 6.45) is 0. The van der Waals surface area contributed by atoms with E-state index >= 15 is 0 Å². The summed E-state index contributed by atoms with van der Waals surface area (Å²) in [5, 5.41) is 0. The fourth-order valence-electron chi connectivity index (χ4n) is 1.16. The van der Waals surface area contributed by atoms with E-state index in [1.54, 1.807) is 0 Å². The van der Waals surface area contributed by atoms with Crippen molar-refractivity contribution in [3.63, 3.8) is 0 Å². The van der Waals surface area contributed by atoms with Crippen LogP contribution in [0.25, 0.3) is 0 Å². The van der Waals surface area contributed by atoms with Gasteiger partial charge in [-0.05, 0) is 45.9 Å². The molecule has 108 valence electrons. The Bertz CT molecular complexity index is 549. The van der Waals surface area contributed by atoms with E-state index in [0.29, 0.717) is 5.69 Å². The van der Waals surface area contributed by atoms with E-state index in [2.05, 4.69) is 20.7 Å². The summed E-state index contributed by atoms with van der Waals surface area (Å²) in [4.78, 5) is -0.0706. The Morgan fingerprint density at radius 2 is 2.00 bits per heavy atom. The zero-order valence-electron chi connectivity index (χ0n) is 9.37. The number of sulfonamides is 1. The van der Waals surface area contributed by atoms with Crippen molar-refractivity contribution in [3.8, 4) is 0 Å². The molecule has 0 atom stereocenters. The molecule has 0 fully saturated rings. The molecule has 0 aromatic heterocycles. The normalized spacial score (nSPS) is 12.6. The van der Waals surface area contributed by atoms with E-state index in [4.69, 9.17) is 5.73 Å². The van der Waals surface area contributed by atoms with E-state index in [9.17, 15) is 21.6 Å². The number of alkyl halides is 3. The highest BCUT2D eigenvalue weighted by atomic mass is 79.9. The van der Waals surface area contributed by atoms with E-state index < -0.39 is 21.3 Å². The topological polar surface area (TPSA) is 72.2 Å². The van der Waals surface area contributed by atoms with Gasteiger partial charge in [0.1, 0.15) is 0 Å². The van der Waals surface area contributed by atoms with Gasteiger partial charge in [0.05, 0.1) is 4.90 Å². The first-order chi connectivity index (χ1) is 8.62. The number of anilines is 1. The Balaban J connectivity index is 2.66. The van der Waals surface area contributed by atoms with Crippen LogP contribution in [0.1, 0.15) is 0 Å². The second-order valence-corrected chi connectivity index (χ2v) is 7.13. The van der Waals surface area contributed by atoms with Crippen molar-refractivity contribution < 1.29 is 21.6 Å². The zero-order chi connectivity index (χ0) is 14.7. The van der Waals surface area contributed by atoms with Crippen molar-refractivity contribution in [1.82, 2.24) is 4.72 Å². The second-order valence-electron chi connectivity index (χ2n) is 3.38. The van der Waals surface area contributed by atoms with Crippen molar-refractivity contribution in [3.05, 3.63) is 22.7 Å². The van der Waals surface area contributed by atoms with Crippen LogP contribution in [0.4, 0.5) is 18.9 Å². The Kier molecular flexibility index (Phi) is 5.53. The van der Waals surface area contributed by atoms with Crippen molar-refractivity contribution >= 4 is 43.4 Å². The molecule has 0 heterocycles. The third kappa shape index (κ3) is 5.59. The SMILES string of the molecule is Nc1ccc(S(=O)(=O)NCCSC(F)(F)F)c(Br)c1. The first-order valence-corrected chi connectivity index (χ1v) is 8.13. The Labute approximate surface area is 121 Å². The second kappa shape index (κ2) is 6.33. The van der Waals surface area contributed by atoms with Gasteiger partial charge in [0.25, 0.3) is 0 Å². The number of benzene rings is 1. The number of hydrogen-bond acceptors (Lipinski definition) is 4. The van der Waals surface area contributed by atoms with Crippen LogP contribution in [0.2, 0.25) is 0 Å². The van der Waals surface area contributed by atoms with Gasteiger partial charge in [-0.3, -0.25) is 0 Å². The molecule has 10 heteroatoms. The maximum absolute atomic E-state index is 11.9. The average molecular weight is 379 g/mol. The van der Waals surface area contributed by atoms with Crippen LogP contribution >= 0.6 is 27.7 Å². The van der Waals surface area contributed by atoms with Gasteiger partial charge >= 0.3 is 5.51 Å². The van der Waals surface area contributed by atoms with E-state index in [-0.39, 0.29) is 27.7 Å². The van der Waals surface area contributed by atoms with Crippen LogP contribution in [-0.2, 0) is 10.0 Å². The van der Waals surface area contributed by atoms with Gasteiger partial charge in [-0.2, -0.15) is 13.2 Å². The molecule has 1 aromatic carbocycles. The number of rotatable bonds is 5. The molecular formula is C9H10BrF3N2O2S2. The van der Waals surface area contributed by atoms with Gasteiger partial charge in [0, 0.05) is 22.5 Å². The first kappa shape index (κ1) is 16.6. The summed E-state index contributed by atoms with van der Waals surface area (Å²) in [6, 6.07) is 4.07. The quantitative estimate of drug-likeness (QED) is 0.609. The van der Waals surface area contributed by atoms with Crippen molar-refractivity contribution in [2.75, 3.05) is 18.0 Å². The first-order valence-electron chi connectivity index (χ1n) is 4.87. The largest absolute Gasteiger partial charge is 0.441 e. The van der Waals surface area contributed by atoms with Gasteiger partial charge < -0.3 is 5.73 Å². The summed E-state index contributed by atoms with van der Waals surface area (Å²) in [5.74, 6) is -0.394. The summed E-state index contributed by atoms with van der Waals surface area (Å²) < 4.78 is 61.6. The molecule has 1 aromatic rings. The molecule has 0 saturated heterocycles. The van der Waals surface area contributed by atoms with Crippen molar-refractivity contribution in [2.24, 2.45) is 0 Å². The monoisotopic (exact) mass is 378 g/mol. The molecule has 0 spiro atoms. The molecule has 0 unspecified atom stereocenters. The van der Waals surface area contributed by atoms with Crippen molar-refractivity contribution in [1.29, 1.82) is 0 Å². The van der Waals surface area contributed by atoms with Gasteiger partial charge in [0.2, 0.25) is 10.0 Å². The van der Waals surface area contributed by atoms with E-state index in [1.807, 2.05) is 0 Å². The number of nitrogens with two attached hydrogens (primary N) is 1. The number of hydrogen-bond donors (Lipinski definition) is 2. The minimum atomic E-state index is -4.37. The molecule has 19 heavy (non-hydrogen) atoms. The van der Waals surface area contributed by atoms with Crippen LogP contribution in [0, 0.1) is 0 Å². The number of thioether (sulfide) groups is 1. The molecular weight excluding hydrogens is 369 g/mol. The number of nitrogen functional groups attached to an aromatic ring is 1. The van der Waals surface area contributed by atoms with E-state index in [1.165, 1.54) is 18.2 Å². The van der Waals surface area contributed by atoms with Gasteiger partial charge in [-0.25, -0.2) is 13.1 Å². The third-order valence-electron chi connectivity index (χ3n) is 1.91. The molecule has 4 nitrogen and oxygen atoms in total. The maximum atomic E-state index is 11.9. The fourth-order valence-corrected chi connectivity index (χ4v) is 3.85. The summed E-state index contributed by atoms with van der Waals surface area (Å²) in [6.45, 7) is -0.316. The zero-order valence-corrected chi connectivity index (χ0v) is 12.6. The predicted molar refractivity (Wildman–Crippen MR) is 72.3 cm³/mol. The van der Waals surface area contributed by atoms with Gasteiger partial charge in [-0.15, -0.1) is 0 Å². The molecule has 0 aliphatic heterocycles.